The van der Waals surface area contributed by atoms with Gasteiger partial charge in [0.2, 0.25) is 0 Å². The molecular formula is C17H17N3O. The standard InChI is InChI=1S/C17H17N3O/c1-10-4-3-5-11(2)16(10)20-17(21)15-9-12-8-13(18)6-7-14(12)19-15/h3-9,19H,18H2,1-2H3,(H,20,21). The van der Waals surface area contributed by atoms with Crippen LogP contribution in [0.5, 0.6) is 0 Å². The maximum Gasteiger partial charge on any atom is 0.272 e. The molecule has 3 aromatic rings. The Kier molecular flexibility index (Phi) is 3.14. The summed E-state index contributed by atoms with van der Waals surface area (Å²) < 4.78 is 0. The van der Waals surface area contributed by atoms with Crippen LogP contribution in [-0.4, -0.2) is 10.9 Å². The van der Waals surface area contributed by atoms with Crippen molar-refractivity contribution in [2.24, 2.45) is 0 Å². The molecule has 0 aliphatic heterocycles. The molecule has 0 fully saturated rings. The van der Waals surface area contributed by atoms with E-state index in [1.54, 1.807) is 0 Å². The Hall–Kier alpha value is -2.75. The van der Waals surface area contributed by atoms with Gasteiger partial charge in [-0.05, 0) is 49.2 Å². The number of nitrogens with two attached hydrogens (primary N) is 1. The number of benzene rings is 2. The fourth-order valence-electron chi connectivity index (χ4n) is 2.47. The lowest BCUT2D eigenvalue weighted by atomic mass is 10.1. The smallest absolute Gasteiger partial charge is 0.272 e. The molecular weight excluding hydrogens is 262 g/mol. The first-order valence-electron chi connectivity index (χ1n) is 6.80. The third-order valence-electron chi connectivity index (χ3n) is 3.61. The lowest BCUT2D eigenvalue weighted by Crippen LogP contribution is -2.14. The highest BCUT2D eigenvalue weighted by Crippen LogP contribution is 2.22. The molecule has 0 saturated carbocycles. The molecule has 3 rings (SSSR count). The van der Waals surface area contributed by atoms with Gasteiger partial charge in [-0.25, -0.2) is 0 Å². The summed E-state index contributed by atoms with van der Waals surface area (Å²) in [5.74, 6) is -0.151. The third kappa shape index (κ3) is 2.48. The Morgan fingerprint density at radius 3 is 2.52 bits per heavy atom. The summed E-state index contributed by atoms with van der Waals surface area (Å²) in [7, 11) is 0. The Balaban J connectivity index is 1.94. The van der Waals surface area contributed by atoms with Gasteiger partial charge in [-0.3, -0.25) is 4.79 Å². The minimum atomic E-state index is -0.151. The minimum absolute atomic E-state index is 0.151. The van der Waals surface area contributed by atoms with Gasteiger partial charge in [0.05, 0.1) is 0 Å². The van der Waals surface area contributed by atoms with Crippen LogP contribution in [0.3, 0.4) is 0 Å². The van der Waals surface area contributed by atoms with E-state index in [2.05, 4.69) is 10.3 Å². The molecule has 1 heterocycles. The van der Waals surface area contributed by atoms with Gasteiger partial charge in [-0.1, -0.05) is 18.2 Å². The molecule has 0 atom stereocenters. The Labute approximate surface area is 123 Å². The fourth-order valence-corrected chi connectivity index (χ4v) is 2.47. The molecule has 0 unspecified atom stereocenters. The number of hydrogen-bond donors (Lipinski definition) is 3. The maximum absolute atomic E-state index is 12.4. The molecule has 0 aliphatic rings. The number of para-hydroxylation sites is 1. The number of carbonyl (C=O) groups excluding carboxylic acids is 1. The molecule has 2 aromatic carbocycles. The number of H-pyrrole nitrogens is 1. The second kappa shape index (κ2) is 4.98. The summed E-state index contributed by atoms with van der Waals surface area (Å²) in [4.78, 5) is 15.5. The van der Waals surface area contributed by atoms with Crippen molar-refractivity contribution in [1.82, 2.24) is 4.98 Å². The molecule has 0 aliphatic carbocycles. The second-order valence-electron chi connectivity index (χ2n) is 5.25. The van der Waals surface area contributed by atoms with Crippen LogP contribution in [0, 0.1) is 13.8 Å². The van der Waals surface area contributed by atoms with Crippen molar-refractivity contribution < 1.29 is 4.79 Å². The van der Waals surface area contributed by atoms with E-state index in [9.17, 15) is 4.79 Å². The number of aromatic nitrogens is 1. The van der Waals surface area contributed by atoms with Crippen LogP contribution in [0.25, 0.3) is 10.9 Å². The highest BCUT2D eigenvalue weighted by atomic mass is 16.1. The topological polar surface area (TPSA) is 70.9 Å². The monoisotopic (exact) mass is 279 g/mol. The number of hydrogen-bond acceptors (Lipinski definition) is 2. The Bertz CT molecular complexity index is 813. The number of fused-ring (bicyclic) bond motifs is 1. The molecule has 1 amide bonds. The van der Waals surface area contributed by atoms with Gasteiger partial charge in [0.15, 0.2) is 0 Å². The SMILES string of the molecule is Cc1cccc(C)c1NC(=O)c1cc2cc(N)ccc2[nH]1. The van der Waals surface area contributed by atoms with Crippen molar-refractivity contribution in [2.75, 3.05) is 11.1 Å². The molecule has 1 aromatic heterocycles. The first-order chi connectivity index (χ1) is 10.0. The molecule has 4 nitrogen and oxygen atoms in total. The summed E-state index contributed by atoms with van der Waals surface area (Å²) in [6.45, 7) is 3.96. The van der Waals surface area contributed by atoms with E-state index in [0.717, 1.165) is 27.7 Å². The molecule has 0 saturated heterocycles. The summed E-state index contributed by atoms with van der Waals surface area (Å²) in [5, 5.41) is 3.90. The van der Waals surface area contributed by atoms with Crippen LogP contribution in [0.4, 0.5) is 11.4 Å². The van der Waals surface area contributed by atoms with Crippen LogP contribution in [-0.2, 0) is 0 Å². The molecule has 4 N–H and O–H groups in total. The van der Waals surface area contributed by atoms with Gasteiger partial charge in [0.1, 0.15) is 5.69 Å². The van der Waals surface area contributed by atoms with Gasteiger partial charge in [0.25, 0.3) is 5.91 Å². The molecule has 0 radical (unpaired) electrons. The van der Waals surface area contributed by atoms with Crippen LogP contribution in [0.2, 0.25) is 0 Å². The number of aromatic amines is 1. The predicted molar refractivity (Wildman–Crippen MR) is 86.6 cm³/mol. The van der Waals surface area contributed by atoms with Gasteiger partial charge in [-0.2, -0.15) is 0 Å². The summed E-state index contributed by atoms with van der Waals surface area (Å²) in [5.41, 5.74) is 10.8. The predicted octanol–water partition coefficient (Wildman–Crippen LogP) is 3.62. The zero-order valence-electron chi connectivity index (χ0n) is 12.0. The summed E-state index contributed by atoms with van der Waals surface area (Å²) in [6, 6.07) is 13.3. The highest BCUT2D eigenvalue weighted by molar-refractivity contribution is 6.06. The van der Waals surface area contributed by atoms with E-state index in [1.165, 1.54) is 0 Å². The van der Waals surface area contributed by atoms with Crippen LogP contribution in [0.15, 0.2) is 42.5 Å². The minimum Gasteiger partial charge on any atom is -0.399 e. The number of anilines is 2. The van der Waals surface area contributed by atoms with E-state index in [0.29, 0.717) is 11.4 Å². The summed E-state index contributed by atoms with van der Waals surface area (Å²) >= 11 is 0. The summed E-state index contributed by atoms with van der Waals surface area (Å²) in [6.07, 6.45) is 0. The zero-order valence-corrected chi connectivity index (χ0v) is 12.0. The first kappa shape index (κ1) is 13.2. The van der Waals surface area contributed by atoms with Crippen LogP contribution >= 0.6 is 0 Å². The van der Waals surface area contributed by atoms with Crippen molar-refractivity contribution >= 4 is 28.2 Å². The Morgan fingerprint density at radius 1 is 1.10 bits per heavy atom. The molecule has 21 heavy (non-hydrogen) atoms. The molecule has 0 bridgehead atoms. The number of rotatable bonds is 2. The number of carbonyl (C=O) groups is 1. The number of nitrogen functional groups attached to an aromatic ring is 1. The van der Waals surface area contributed by atoms with Crippen molar-refractivity contribution in [3.8, 4) is 0 Å². The quantitative estimate of drug-likeness (QED) is 0.627. The Morgan fingerprint density at radius 2 is 1.81 bits per heavy atom. The van der Waals surface area contributed by atoms with Crippen molar-refractivity contribution in [1.29, 1.82) is 0 Å². The van der Waals surface area contributed by atoms with Crippen LogP contribution in [0.1, 0.15) is 21.6 Å². The molecule has 106 valence electrons. The lowest BCUT2D eigenvalue weighted by molar-refractivity contribution is 0.102. The van der Waals surface area contributed by atoms with Gasteiger partial charge < -0.3 is 16.0 Å². The van der Waals surface area contributed by atoms with Crippen molar-refractivity contribution in [3.05, 3.63) is 59.3 Å². The van der Waals surface area contributed by atoms with Crippen molar-refractivity contribution in [2.45, 2.75) is 13.8 Å². The van der Waals surface area contributed by atoms with Crippen molar-refractivity contribution in [3.63, 3.8) is 0 Å². The second-order valence-corrected chi connectivity index (χ2v) is 5.25. The largest absolute Gasteiger partial charge is 0.399 e. The van der Waals surface area contributed by atoms with E-state index in [1.807, 2.05) is 56.3 Å². The average molecular weight is 279 g/mol. The number of nitrogens with one attached hydrogen (secondary N) is 2. The highest BCUT2D eigenvalue weighted by Gasteiger charge is 2.12. The van der Waals surface area contributed by atoms with E-state index in [-0.39, 0.29) is 5.91 Å². The number of aryl methyl sites for hydroxylation is 2. The van der Waals surface area contributed by atoms with E-state index < -0.39 is 0 Å². The molecule has 0 spiro atoms. The third-order valence-corrected chi connectivity index (χ3v) is 3.61. The van der Waals surface area contributed by atoms with Gasteiger partial charge in [0, 0.05) is 22.3 Å². The fraction of sp³-hybridized carbons (Fsp3) is 0.118. The van der Waals surface area contributed by atoms with E-state index >= 15 is 0 Å². The van der Waals surface area contributed by atoms with Gasteiger partial charge >= 0.3 is 0 Å². The average Bonchev–Trinajstić information content (AvgIpc) is 2.86. The van der Waals surface area contributed by atoms with Gasteiger partial charge in [-0.15, -0.1) is 0 Å². The lowest BCUT2D eigenvalue weighted by Gasteiger charge is -2.10. The molecule has 4 heteroatoms. The van der Waals surface area contributed by atoms with Crippen LogP contribution < -0.4 is 11.1 Å². The maximum atomic E-state index is 12.4. The van der Waals surface area contributed by atoms with E-state index in [4.69, 9.17) is 5.73 Å². The first-order valence-corrected chi connectivity index (χ1v) is 6.80. The normalized spacial score (nSPS) is 10.8. The number of amides is 1. The zero-order chi connectivity index (χ0) is 15.0.